The number of carbonyl (C=O) groups is 1. The SMILES string of the molecule is CC(=O)Nc1ccc(CNCC(O)COCC2CC2)cc1. The highest BCUT2D eigenvalue weighted by molar-refractivity contribution is 5.88. The lowest BCUT2D eigenvalue weighted by Gasteiger charge is -2.12. The molecule has 1 amide bonds. The molecule has 1 atom stereocenters. The van der Waals surface area contributed by atoms with Crippen molar-refractivity contribution in [3.63, 3.8) is 0 Å². The van der Waals surface area contributed by atoms with Crippen LogP contribution in [0.3, 0.4) is 0 Å². The minimum atomic E-state index is -0.470. The second kappa shape index (κ2) is 8.12. The van der Waals surface area contributed by atoms with Crippen molar-refractivity contribution in [2.75, 3.05) is 25.1 Å². The number of aliphatic hydroxyl groups is 1. The normalized spacial score (nSPS) is 15.7. The zero-order valence-corrected chi connectivity index (χ0v) is 12.5. The summed E-state index contributed by atoms with van der Waals surface area (Å²) in [6, 6.07) is 7.64. The number of nitrogens with one attached hydrogen (secondary N) is 2. The van der Waals surface area contributed by atoms with Crippen LogP contribution in [0.4, 0.5) is 5.69 Å². The van der Waals surface area contributed by atoms with Crippen molar-refractivity contribution in [1.29, 1.82) is 0 Å². The molecule has 21 heavy (non-hydrogen) atoms. The molecular weight excluding hydrogens is 268 g/mol. The average Bonchev–Trinajstić information content (AvgIpc) is 3.24. The van der Waals surface area contributed by atoms with E-state index in [1.165, 1.54) is 19.8 Å². The highest BCUT2D eigenvalue weighted by Gasteiger charge is 2.21. The number of aliphatic hydroxyl groups excluding tert-OH is 1. The quantitative estimate of drug-likeness (QED) is 0.645. The number of carbonyl (C=O) groups excluding carboxylic acids is 1. The molecule has 1 fully saturated rings. The van der Waals surface area contributed by atoms with Gasteiger partial charge in [-0.2, -0.15) is 0 Å². The number of amides is 1. The average molecular weight is 292 g/mol. The third kappa shape index (κ3) is 6.71. The largest absolute Gasteiger partial charge is 0.389 e. The van der Waals surface area contributed by atoms with Crippen molar-refractivity contribution in [2.24, 2.45) is 5.92 Å². The summed E-state index contributed by atoms with van der Waals surface area (Å²) in [6.45, 7) is 3.85. The summed E-state index contributed by atoms with van der Waals surface area (Å²) in [6.07, 6.45) is 2.06. The zero-order chi connectivity index (χ0) is 15.1. The van der Waals surface area contributed by atoms with E-state index in [9.17, 15) is 9.90 Å². The Balaban J connectivity index is 1.59. The Labute approximate surface area is 125 Å². The fourth-order valence-corrected chi connectivity index (χ4v) is 2.01. The molecule has 0 spiro atoms. The van der Waals surface area contributed by atoms with E-state index >= 15 is 0 Å². The topological polar surface area (TPSA) is 70.6 Å². The number of hydrogen-bond donors (Lipinski definition) is 3. The minimum Gasteiger partial charge on any atom is -0.389 e. The van der Waals surface area contributed by atoms with Crippen LogP contribution in [-0.2, 0) is 16.1 Å². The van der Waals surface area contributed by atoms with Crippen LogP contribution in [-0.4, -0.2) is 36.9 Å². The Hall–Kier alpha value is -1.43. The lowest BCUT2D eigenvalue weighted by molar-refractivity contribution is -0.114. The van der Waals surface area contributed by atoms with Crippen LogP contribution in [0.15, 0.2) is 24.3 Å². The molecule has 0 bridgehead atoms. The predicted octanol–water partition coefficient (Wildman–Crippen LogP) is 1.52. The lowest BCUT2D eigenvalue weighted by Crippen LogP contribution is -2.30. The molecule has 1 unspecified atom stereocenters. The number of anilines is 1. The molecule has 116 valence electrons. The number of benzene rings is 1. The Bertz CT molecular complexity index is 443. The molecular formula is C16H24N2O3. The van der Waals surface area contributed by atoms with E-state index in [4.69, 9.17) is 4.74 Å². The summed E-state index contributed by atoms with van der Waals surface area (Å²) < 4.78 is 5.44. The van der Waals surface area contributed by atoms with Gasteiger partial charge in [0, 0.05) is 32.3 Å². The molecule has 1 aromatic rings. The second-order valence-corrected chi connectivity index (χ2v) is 5.64. The zero-order valence-electron chi connectivity index (χ0n) is 12.5. The molecule has 2 rings (SSSR count). The van der Waals surface area contributed by atoms with Crippen LogP contribution >= 0.6 is 0 Å². The molecule has 3 N–H and O–H groups in total. The first kappa shape index (κ1) is 15.9. The van der Waals surface area contributed by atoms with E-state index in [0.717, 1.165) is 23.8 Å². The van der Waals surface area contributed by atoms with Crippen LogP contribution < -0.4 is 10.6 Å². The van der Waals surface area contributed by atoms with Gasteiger partial charge in [0.25, 0.3) is 0 Å². The molecule has 1 saturated carbocycles. The molecule has 1 aliphatic rings. The van der Waals surface area contributed by atoms with E-state index in [-0.39, 0.29) is 5.91 Å². The summed E-state index contributed by atoms with van der Waals surface area (Å²) in [7, 11) is 0. The predicted molar refractivity (Wildman–Crippen MR) is 82.0 cm³/mol. The smallest absolute Gasteiger partial charge is 0.221 e. The Morgan fingerprint density at radius 3 is 2.71 bits per heavy atom. The van der Waals surface area contributed by atoms with Crippen LogP contribution in [0, 0.1) is 5.92 Å². The van der Waals surface area contributed by atoms with Gasteiger partial charge in [-0.05, 0) is 36.5 Å². The lowest BCUT2D eigenvalue weighted by atomic mass is 10.2. The molecule has 0 aromatic heterocycles. The summed E-state index contributed by atoms with van der Waals surface area (Å²) in [5.41, 5.74) is 1.90. The maximum Gasteiger partial charge on any atom is 0.221 e. The fourth-order valence-electron chi connectivity index (χ4n) is 2.01. The first-order valence-electron chi connectivity index (χ1n) is 7.46. The molecule has 0 radical (unpaired) electrons. The Morgan fingerprint density at radius 1 is 1.38 bits per heavy atom. The molecule has 0 heterocycles. The van der Waals surface area contributed by atoms with Crippen LogP contribution in [0.5, 0.6) is 0 Å². The maximum absolute atomic E-state index is 10.9. The van der Waals surface area contributed by atoms with Crippen LogP contribution in [0.25, 0.3) is 0 Å². The summed E-state index contributed by atoms with van der Waals surface area (Å²) in [5, 5.41) is 15.7. The van der Waals surface area contributed by atoms with Gasteiger partial charge < -0.3 is 20.5 Å². The molecule has 1 aliphatic carbocycles. The van der Waals surface area contributed by atoms with Gasteiger partial charge in [-0.15, -0.1) is 0 Å². The van der Waals surface area contributed by atoms with E-state index in [0.29, 0.717) is 19.7 Å². The number of hydrogen-bond acceptors (Lipinski definition) is 4. The molecule has 5 heteroatoms. The minimum absolute atomic E-state index is 0.0739. The van der Waals surface area contributed by atoms with Gasteiger partial charge in [0.2, 0.25) is 5.91 Å². The van der Waals surface area contributed by atoms with Gasteiger partial charge in [0.1, 0.15) is 0 Å². The van der Waals surface area contributed by atoms with Crippen molar-refractivity contribution in [1.82, 2.24) is 5.32 Å². The summed E-state index contributed by atoms with van der Waals surface area (Å²) >= 11 is 0. The van der Waals surface area contributed by atoms with Gasteiger partial charge in [-0.3, -0.25) is 4.79 Å². The first-order valence-corrected chi connectivity index (χ1v) is 7.46. The van der Waals surface area contributed by atoms with Crippen LogP contribution in [0.2, 0.25) is 0 Å². The molecule has 0 aliphatic heterocycles. The summed E-state index contributed by atoms with van der Waals surface area (Å²) in [5.74, 6) is 0.655. The Kier molecular flexibility index (Phi) is 6.17. The highest BCUT2D eigenvalue weighted by atomic mass is 16.5. The summed E-state index contributed by atoms with van der Waals surface area (Å²) in [4.78, 5) is 10.9. The van der Waals surface area contributed by atoms with Crippen LogP contribution in [0.1, 0.15) is 25.3 Å². The van der Waals surface area contributed by atoms with Crippen molar-refractivity contribution in [3.05, 3.63) is 29.8 Å². The fraction of sp³-hybridized carbons (Fsp3) is 0.562. The van der Waals surface area contributed by atoms with Crippen molar-refractivity contribution < 1.29 is 14.6 Å². The monoisotopic (exact) mass is 292 g/mol. The van der Waals surface area contributed by atoms with Crippen molar-refractivity contribution >= 4 is 11.6 Å². The van der Waals surface area contributed by atoms with Gasteiger partial charge in [0.05, 0.1) is 12.7 Å². The van der Waals surface area contributed by atoms with E-state index in [1.54, 1.807) is 0 Å². The molecule has 0 saturated heterocycles. The third-order valence-electron chi connectivity index (χ3n) is 3.34. The standard InChI is InChI=1S/C16H24N2O3/c1-12(19)18-15-6-4-13(5-7-15)8-17-9-16(20)11-21-10-14-2-3-14/h4-7,14,16-17,20H,2-3,8-11H2,1H3,(H,18,19). The highest BCUT2D eigenvalue weighted by Crippen LogP contribution is 2.28. The second-order valence-electron chi connectivity index (χ2n) is 5.64. The number of ether oxygens (including phenoxy) is 1. The number of rotatable bonds is 9. The van der Waals surface area contributed by atoms with Gasteiger partial charge >= 0.3 is 0 Å². The Morgan fingerprint density at radius 2 is 2.10 bits per heavy atom. The van der Waals surface area contributed by atoms with E-state index in [1.807, 2.05) is 24.3 Å². The van der Waals surface area contributed by atoms with Gasteiger partial charge in [-0.25, -0.2) is 0 Å². The maximum atomic E-state index is 10.9. The van der Waals surface area contributed by atoms with Crippen molar-refractivity contribution in [2.45, 2.75) is 32.4 Å². The van der Waals surface area contributed by atoms with Crippen molar-refractivity contribution in [3.8, 4) is 0 Å². The third-order valence-corrected chi connectivity index (χ3v) is 3.34. The van der Waals surface area contributed by atoms with Gasteiger partial charge in [0.15, 0.2) is 0 Å². The molecule has 5 nitrogen and oxygen atoms in total. The first-order chi connectivity index (χ1) is 10.1. The molecule has 1 aromatic carbocycles. The van der Waals surface area contributed by atoms with E-state index in [2.05, 4.69) is 10.6 Å². The van der Waals surface area contributed by atoms with E-state index < -0.39 is 6.10 Å². The van der Waals surface area contributed by atoms with Gasteiger partial charge in [-0.1, -0.05) is 12.1 Å².